The van der Waals surface area contributed by atoms with Crippen molar-refractivity contribution in [2.24, 2.45) is 5.92 Å². The van der Waals surface area contributed by atoms with E-state index in [1.807, 2.05) is 45.0 Å². The summed E-state index contributed by atoms with van der Waals surface area (Å²) < 4.78 is 43.0. The number of carbonyl (C=O) groups excluding carboxylic acids is 1. The lowest BCUT2D eigenvalue weighted by Crippen LogP contribution is -2.37. The number of anilines is 1. The molecule has 3 rings (SSSR count). The number of hydrogen-bond donors (Lipinski definition) is 1. The van der Waals surface area contributed by atoms with Crippen molar-refractivity contribution in [2.75, 3.05) is 11.9 Å². The van der Waals surface area contributed by atoms with Gasteiger partial charge in [0.2, 0.25) is 0 Å². The lowest BCUT2D eigenvalue weighted by atomic mass is 10.1. The molecule has 174 valence electrons. The van der Waals surface area contributed by atoms with E-state index in [4.69, 9.17) is 4.18 Å². The Morgan fingerprint density at radius 1 is 1.00 bits per heavy atom. The number of amides is 2. The number of para-hydroxylation sites is 1. The molecule has 0 saturated carbocycles. The first kappa shape index (κ1) is 24.3. The minimum absolute atomic E-state index is 0.128. The maximum atomic E-state index is 13.1. The SMILES string of the molecule is Cc1ccccc1NC(=O)N(Cc1ccc(OS(=O)(=O)c2ccc(F)cc2)cc1)CC(C)C. The molecule has 3 aromatic rings. The Bertz CT molecular complexity index is 1190. The van der Waals surface area contributed by atoms with Crippen molar-refractivity contribution >= 4 is 21.8 Å². The molecule has 0 aliphatic heterocycles. The number of halogens is 1. The molecule has 0 unspecified atom stereocenters. The predicted molar refractivity (Wildman–Crippen MR) is 126 cm³/mol. The molecule has 0 spiro atoms. The Hall–Kier alpha value is -3.39. The predicted octanol–water partition coefficient (Wildman–Crippen LogP) is 5.59. The fourth-order valence-electron chi connectivity index (χ4n) is 3.21. The van der Waals surface area contributed by atoms with Gasteiger partial charge in [0.1, 0.15) is 16.5 Å². The van der Waals surface area contributed by atoms with Crippen molar-refractivity contribution in [3.8, 4) is 5.75 Å². The van der Waals surface area contributed by atoms with Crippen LogP contribution >= 0.6 is 0 Å². The summed E-state index contributed by atoms with van der Waals surface area (Å²) in [6.07, 6.45) is 0. The van der Waals surface area contributed by atoms with Gasteiger partial charge in [-0.05, 0) is 66.4 Å². The highest BCUT2D eigenvalue weighted by Gasteiger charge is 2.18. The number of nitrogens with zero attached hydrogens (tertiary/aromatic N) is 1. The van der Waals surface area contributed by atoms with Crippen LogP contribution in [0.1, 0.15) is 25.0 Å². The normalized spacial score (nSPS) is 11.3. The van der Waals surface area contributed by atoms with Crippen LogP contribution in [0.3, 0.4) is 0 Å². The quantitative estimate of drug-likeness (QED) is 0.435. The van der Waals surface area contributed by atoms with Gasteiger partial charge < -0.3 is 14.4 Å². The molecule has 0 aliphatic rings. The third-order valence-electron chi connectivity index (χ3n) is 4.86. The van der Waals surface area contributed by atoms with E-state index in [9.17, 15) is 17.6 Å². The van der Waals surface area contributed by atoms with Gasteiger partial charge in [-0.2, -0.15) is 8.42 Å². The van der Waals surface area contributed by atoms with Gasteiger partial charge in [0, 0.05) is 18.8 Å². The van der Waals surface area contributed by atoms with Crippen LogP contribution in [0.15, 0.2) is 77.7 Å². The van der Waals surface area contributed by atoms with E-state index in [-0.39, 0.29) is 22.6 Å². The van der Waals surface area contributed by atoms with Crippen LogP contribution < -0.4 is 9.50 Å². The van der Waals surface area contributed by atoms with E-state index in [0.717, 1.165) is 41.1 Å². The number of urea groups is 1. The van der Waals surface area contributed by atoms with Gasteiger partial charge in [-0.25, -0.2) is 9.18 Å². The Balaban J connectivity index is 1.70. The molecule has 0 aromatic heterocycles. The summed E-state index contributed by atoms with van der Waals surface area (Å²) in [7, 11) is -4.08. The molecular formula is C25H27FN2O4S. The lowest BCUT2D eigenvalue weighted by molar-refractivity contribution is 0.201. The molecule has 0 saturated heterocycles. The van der Waals surface area contributed by atoms with Crippen molar-refractivity contribution in [1.82, 2.24) is 4.90 Å². The van der Waals surface area contributed by atoms with E-state index in [1.54, 1.807) is 17.0 Å². The van der Waals surface area contributed by atoms with Crippen LogP contribution in [-0.4, -0.2) is 25.9 Å². The molecule has 1 N–H and O–H groups in total. The summed E-state index contributed by atoms with van der Waals surface area (Å²) >= 11 is 0. The lowest BCUT2D eigenvalue weighted by Gasteiger charge is -2.25. The van der Waals surface area contributed by atoms with E-state index in [0.29, 0.717) is 13.1 Å². The van der Waals surface area contributed by atoms with Crippen molar-refractivity contribution in [2.45, 2.75) is 32.2 Å². The molecule has 8 heteroatoms. The molecular weight excluding hydrogens is 443 g/mol. The first-order chi connectivity index (χ1) is 15.6. The number of hydrogen-bond acceptors (Lipinski definition) is 4. The Kier molecular flexibility index (Phi) is 7.71. The zero-order chi connectivity index (χ0) is 24.0. The van der Waals surface area contributed by atoms with Crippen LogP contribution in [0, 0.1) is 18.7 Å². The summed E-state index contributed by atoms with van der Waals surface area (Å²) in [6, 6.07) is 18.3. The molecule has 0 bridgehead atoms. The van der Waals surface area contributed by atoms with Gasteiger partial charge >= 0.3 is 16.1 Å². The summed E-state index contributed by atoms with van der Waals surface area (Å²) in [4.78, 5) is 14.5. The van der Waals surface area contributed by atoms with Crippen LogP contribution in [0.4, 0.5) is 14.9 Å². The molecule has 3 aromatic carbocycles. The smallest absolute Gasteiger partial charge is 0.339 e. The van der Waals surface area contributed by atoms with E-state index in [2.05, 4.69) is 5.32 Å². The van der Waals surface area contributed by atoms with Gasteiger partial charge in [-0.1, -0.05) is 44.2 Å². The highest BCUT2D eigenvalue weighted by atomic mass is 32.2. The second-order valence-corrected chi connectivity index (χ2v) is 9.70. The second kappa shape index (κ2) is 10.5. The summed E-state index contributed by atoms with van der Waals surface area (Å²) in [6.45, 7) is 6.90. The minimum Gasteiger partial charge on any atom is -0.379 e. The third kappa shape index (κ3) is 6.79. The third-order valence-corrected chi connectivity index (χ3v) is 6.13. The van der Waals surface area contributed by atoms with Crippen molar-refractivity contribution < 1.29 is 21.8 Å². The van der Waals surface area contributed by atoms with Crippen LogP contribution in [-0.2, 0) is 16.7 Å². The van der Waals surface area contributed by atoms with E-state index < -0.39 is 15.9 Å². The van der Waals surface area contributed by atoms with Gasteiger partial charge in [0.15, 0.2) is 0 Å². The van der Waals surface area contributed by atoms with Gasteiger partial charge in [-0.15, -0.1) is 0 Å². The van der Waals surface area contributed by atoms with Crippen molar-refractivity contribution in [3.05, 3.63) is 89.7 Å². The zero-order valence-corrected chi connectivity index (χ0v) is 19.6. The molecule has 0 atom stereocenters. The molecule has 2 amide bonds. The summed E-state index contributed by atoms with van der Waals surface area (Å²) in [5.41, 5.74) is 2.55. The molecule has 33 heavy (non-hydrogen) atoms. The van der Waals surface area contributed by atoms with E-state index >= 15 is 0 Å². The summed E-state index contributed by atoms with van der Waals surface area (Å²) in [5.74, 6) is -0.144. The maximum absolute atomic E-state index is 13.1. The number of rotatable bonds is 8. The average molecular weight is 471 g/mol. The topological polar surface area (TPSA) is 75.7 Å². The van der Waals surface area contributed by atoms with Crippen molar-refractivity contribution in [3.63, 3.8) is 0 Å². The molecule has 0 aliphatic carbocycles. The van der Waals surface area contributed by atoms with Gasteiger partial charge in [0.05, 0.1) is 0 Å². The van der Waals surface area contributed by atoms with Gasteiger partial charge in [-0.3, -0.25) is 0 Å². The fourth-order valence-corrected chi connectivity index (χ4v) is 4.14. The first-order valence-corrected chi connectivity index (χ1v) is 12.0. The van der Waals surface area contributed by atoms with Crippen molar-refractivity contribution in [1.29, 1.82) is 0 Å². The number of carbonyl (C=O) groups is 1. The van der Waals surface area contributed by atoms with E-state index in [1.165, 1.54) is 12.1 Å². The average Bonchev–Trinajstić information content (AvgIpc) is 2.76. The Morgan fingerprint density at radius 3 is 2.24 bits per heavy atom. The molecule has 0 fully saturated rings. The second-order valence-electron chi connectivity index (χ2n) is 8.15. The number of nitrogens with one attached hydrogen (secondary N) is 1. The maximum Gasteiger partial charge on any atom is 0.339 e. The van der Waals surface area contributed by atoms with Crippen LogP contribution in [0.5, 0.6) is 5.75 Å². The first-order valence-electron chi connectivity index (χ1n) is 10.5. The monoisotopic (exact) mass is 470 g/mol. The summed E-state index contributed by atoms with van der Waals surface area (Å²) in [5, 5.41) is 2.96. The molecule has 6 nitrogen and oxygen atoms in total. The minimum atomic E-state index is -4.08. The van der Waals surface area contributed by atoms with Crippen LogP contribution in [0.25, 0.3) is 0 Å². The molecule has 0 heterocycles. The number of benzene rings is 3. The largest absolute Gasteiger partial charge is 0.379 e. The van der Waals surface area contributed by atoms with Gasteiger partial charge in [0.25, 0.3) is 0 Å². The Labute approximate surface area is 194 Å². The number of aryl methyl sites for hydroxylation is 1. The zero-order valence-electron chi connectivity index (χ0n) is 18.8. The fraction of sp³-hybridized carbons (Fsp3) is 0.240. The highest BCUT2D eigenvalue weighted by molar-refractivity contribution is 7.87. The standard InChI is InChI=1S/C25H27FN2O4S/c1-18(2)16-28(25(29)27-24-7-5-4-6-19(24)3)17-20-8-12-22(13-9-20)32-33(30,31)23-14-10-21(26)11-15-23/h4-15,18H,16-17H2,1-3H3,(H,27,29). The van der Waals surface area contributed by atoms with Crippen LogP contribution in [0.2, 0.25) is 0 Å². The highest BCUT2D eigenvalue weighted by Crippen LogP contribution is 2.21. The molecule has 0 radical (unpaired) electrons. The Morgan fingerprint density at radius 2 is 1.64 bits per heavy atom.